The fourth-order valence-electron chi connectivity index (χ4n) is 2.34. The molecule has 1 N–H and O–H groups in total. The van der Waals surface area contributed by atoms with Gasteiger partial charge in [0, 0.05) is 18.8 Å². The van der Waals surface area contributed by atoms with E-state index in [0.29, 0.717) is 6.42 Å². The second-order valence-corrected chi connectivity index (χ2v) is 7.51. The highest BCUT2D eigenvalue weighted by molar-refractivity contribution is 7.91. The van der Waals surface area contributed by atoms with E-state index in [2.05, 4.69) is 5.32 Å². The molecule has 2 rings (SSSR count). The number of rotatable bonds is 4. The standard InChI is InChI=1S/C14H20N2O3S/c1-11-4-3-5-12(8-11)15-9-14(17)16(2)13-6-7-20(18,19)10-13/h3-5,8,13,15H,6-7,9-10H2,1-2H3. The van der Waals surface area contributed by atoms with Crippen LogP contribution in [0.1, 0.15) is 12.0 Å². The number of aryl methyl sites for hydroxylation is 1. The van der Waals surface area contributed by atoms with Gasteiger partial charge in [-0.25, -0.2) is 8.42 Å². The lowest BCUT2D eigenvalue weighted by molar-refractivity contribution is -0.129. The third-order valence-corrected chi connectivity index (χ3v) is 5.36. The van der Waals surface area contributed by atoms with Crippen LogP contribution in [0.4, 0.5) is 5.69 Å². The van der Waals surface area contributed by atoms with E-state index in [1.807, 2.05) is 31.2 Å². The van der Waals surface area contributed by atoms with Crippen LogP contribution in [-0.4, -0.2) is 50.4 Å². The zero-order chi connectivity index (χ0) is 14.8. The summed E-state index contributed by atoms with van der Waals surface area (Å²) >= 11 is 0. The molecule has 1 aromatic rings. The predicted molar refractivity (Wildman–Crippen MR) is 79.5 cm³/mol. The van der Waals surface area contributed by atoms with Gasteiger partial charge in [0.2, 0.25) is 5.91 Å². The number of hydrogen-bond acceptors (Lipinski definition) is 4. The van der Waals surface area contributed by atoms with E-state index < -0.39 is 9.84 Å². The Morgan fingerprint density at radius 1 is 1.45 bits per heavy atom. The third kappa shape index (κ3) is 3.72. The minimum Gasteiger partial charge on any atom is -0.376 e. The summed E-state index contributed by atoms with van der Waals surface area (Å²) in [6, 6.07) is 7.60. The minimum absolute atomic E-state index is 0.0830. The monoisotopic (exact) mass is 296 g/mol. The largest absolute Gasteiger partial charge is 0.376 e. The average Bonchev–Trinajstić information content (AvgIpc) is 2.75. The van der Waals surface area contributed by atoms with Crippen molar-refractivity contribution in [1.29, 1.82) is 0 Å². The quantitative estimate of drug-likeness (QED) is 0.902. The van der Waals surface area contributed by atoms with Crippen molar-refractivity contribution in [3.05, 3.63) is 29.8 Å². The van der Waals surface area contributed by atoms with Gasteiger partial charge in [0.25, 0.3) is 0 Å². The van der Waals surface area contributed by atoms with Crippen LogP contribution in [0.15, 0.2) is 24.3 Å². The first-order valence-electron chi connectivity index (χ1n) is 6.64. The highest BCUT2D eigenvalue weighted by Gasteiger charge is 2.32. The number of hydrogen-bond donors (Lipinski definition) is 1. The molecule has 6 heteroatoms. The molecule has 0 saturated carbocycles. The van der Waals surface area contributed by atoms with Gasteiger partial charge in [-0.3, -0.25) is 4.79 Å². The van der Waals surface area contributed by atoms with Gasteiger partial charge in [0.15, 0.2) is 9.84 Å². The van der Waals surface area contributed by atoms with Crippen molar-refractivity contribution >= 4 is 21.4 Å². The number of carbonyl (C=O) groups is 1. The molecule has 0 aromatic heterocycles. The Balaban J connectivity index is 1.89. The first kappa shape index (κ1) is 14.8. The van der Waals surface area contributed by atoms with Crippen LogP contribution in [0.5, 0.6) is 0 Å². The zero-order valence-corrected chi connectivity index (χ0v) is 12.6. The van der Waals surface area contributed by atoms with Gasteiger partial charge >= 0.3 is 0 Å². The van der Waals surface area contributed by atoms with Gasteiger partial charge in [-0.1, -0.05) is 12.1 Å². The number of carbonyl (C=O) groups excluding carboxylic acids is 1. The Kier molecular flexibility index (Phi) is 4.32. The summed E-state index contributed by atoms with van der Waals surface area (Å²) in [7, 11) is -1.29. The van der Waals surface area contributed by atoms with Gasteiger partial charge in [-0.2, -0.15) is 0 Å². The number of benzene rings is 1. The van der Waals surface area contributed by atoms with E-state index in [1.54, 1.807) is 11.9 Å². The van der Waals surface area contributed by atoms with E-state index >= 15 is 0 Å². The number of nitrogens with one attached hydrogen (secondary N) is 1. The molecule has 110 valence electrons. The normalized spacial score (nSPS) is 20.6. The highest BCUT2D eigenvalue weighted by atomic mass is 32.2. The number of anilines is 1. The molecule has 1 aromatic carbocycles. The molecule has 20 heavy (non-hydrogen) atoms. The van der Waals surface area contributed by atoms with Crippen molar-refractivity contribution in [3.63, 3.8) is 0 Å². The molecule has 0 aliphatic carbocycles. The first-order valence-corrected chi connectivity index (χ1v) is 8.46. The predicted octanol–water partition coefficient (Wildman–Crippen LogP) is 1.05. The summed E-state index contributed by atoms with van der Waals surface area (Å²) in [5.41, 5.74) is 2.02. The Morgan fingerprint density at radius 2 is 2.20 bits per heavy atom. The molecule has 1 unspecified atom stereocenters. The van der Waals surface area contributed by atoms with Crippen molar-refractivity contribution in [2.45, 2.75) is 19.4 Å². The topological polar surface area (TPSA) is 66.5 Å². The van der Waals surface area contributed by atoms with Crippen LogP contribution in [0.3, 0.4) is 0 Å². The number of nitrogens with zero attached hydrogens (tertiary/aromatic N) is 1. The molecule has 0 bridgehead atoms. The van der Waals surface area contributed by atoms with Crippen molar-refractivity contribution in [1.82, 2.24) is 4.90 Å². The minimum atomic E-state index is -2.96. The molecule has 1 amide bonds. The van der Waals surface area contributed by atoms with Crippen molar-refractivity contribution in [2.24, 2.45) is 0 Å². The molecule has 1 aliphatic heterocycles. The third-order valence-electron chi connectivity index (χ3n) is 3.61. The maximum absolute atomic E-state index is 12.1. The molecule has 1 aliphatic rings. The summed E-state index contributed by atoms with van der Waals surface area (Å²) in [6.45, 7) is 2.17. The SMILES string of the molecule is Cc1cccc(NCC(=O)N(C)C2CCS(=O)(=O)C2)c1. The fraction of sp³-hybridized carbons (Fsp3) is 0.500. The van der Waals surface area contributed by atoms with Gasteiger partial charge < -0.3 is 10.2 Å². The average molecular weight is 296 g/mol. The van der Waals surface area contributed by atoms with Crippen LogP contribution >= 0.6 is 0 Å². The van der Waals surface area contributed by atoms with E-state index in [9.17, 15) is 13.2 Å². The van der Waals surface area contributed by atoms with Gasteiger partial charge in [-0.15, -0.1) is 0 Å². The summed E-state index contributed by atoms with van der Waals surface area (Å²) in [5, 5.41) is 3.07. The molecule has 1 heterocycles. The molecule has 1 saturated heterocycles. The van der Waals surface area contributed by atoms with E-state index in [0.717, 1.165) is 11.3 Å². The summed E-state index contributed by atoms with van der Waals surface area (Å²) in [6.07, 6.45) is 0.537. The molecule has 1 fully saturated rings. The van der Waals surface area contributed by atoms with E-state index in [1.165, 1.54) is 0 Å². The molecule has 0 radical (unpaired) electrons. The Labute approximate surface area is 119 Å². The lowest BCUT2D eigenvalue weighted by atomic mass is 10.2. The van der Waals surface area contributed by atoms with Gasteiger partial charge in [0.05, 0.1) is 18.1 Å². The first-order chi connectivity index (χ1) is 9.37. The summed E-state index contributed by atoms with van der Waals surface area (Å²) in [4.78, 5) is 13.6. The Hall–Kier alpha value is -1.56. The number of likely N-dealkylation sites (N-methyl/N-ethyl adjacent to an activating group) is 1. The molecular weight excluding hydrogens is 276 g/mol. The lowest BCUT2D eigenvalue weighted by Gasteiger charge is -2.23. The van der Waals surface area contributed by atoms with Crippen molar-refractivity contribution < 1.29 is 13.2 Å². The highest BCUT2D eigenvalue weighted by Crippen LogP contribution is 2.17. The number of amides is 1. The van der Waals surface area contributed by atoms with Crippen LogP contribution in [0.2, 0.25) is 0 Å². The maximum atomic E-state index is 12.1. The zero-order valence-electron chi connectivity index (χ0n) is 11.8. The number of sulfone groups is 1. The Bertz CT molecular complexity index is 598. The summed E-state index contributed by atoms with van der Waals surface area (Å²) < 4.78 is 22.9. The van der Waals surface area contributed by atoms with Gasteiger partial charge in [-0.05, 0) is 31.0 Å². The van der Waals surface area contributed by atoms with Crippen LogP contribution in [0, 0.1) is 6.92 Å². The maximum Gasteiger partial charge on any atom is 0.241 e. The van der Waals surface area contributed by atoms with Gasteiger partial charge in [0.1, 0.15) is 0 Å². The Morgan fingerprint density at radius 3 is 2.80 bits per heavy atom. The van der Waals surface area contributed by atoms with Crippen LogP contribution < -0.4 is 5.32 Å². The molecule has 5 nitrogen and oxygen atoms in total. The van der Waals surface area contributed by atoms with Crippen LogP contribution in [0.25, 0.3) is 0 Å². The second-order valence-electron chi connectivity index (χ2n) is 5.28. The van der Waals surface area contributed by atoms with E-state index in [-0.39, 0.29) is 30.0 Å². The second kappa shape index (κ2) is 5.83. The van der Waals surface area contributed by atoms with E-state index in [4.69, 9.17) is 0 Å². The van der Waals surface area contributed by atoms with Crippen molar-refractivity contribution in [2.75, 3.05) is 30.4 Å². The van der Waals surface area contributed by atoms with Crippen LogP contribution in [-0.2, 0) is 14.6 Å². The molecule has 1 atom stereocenters. The molecule has 0 spiro atoms. The smallest absolute Gasteiger partial charge is 0.241 e. The van der Waals surface area contributed by atoms with Crippen molar-refractivity contribution in [3.8, 4) is 0 Å². The molecular formula is C14H20N2O3S. The fourth-order valence-corrected chi connectivity index (χ4v) is 4.12. The lowest BCUT2D eigenvalue weighted by Crippen LogP contribution is -2.40. The summed E-state index contributed by atoms with van der Waals surface area (Å²) in [5.74, 6) is 0.175.